The molecule has 0 aliphatic heterocycles. The van der Waals surface area contributed by atoms with Crippen molar-refractivity contribution >= 4 is 31.5 Å². The van der Waals surface area contributed by atoms with Gasteiger partial charge in [-0.05, 0) is 44.3 Å². The predicted molar refractivity (Wildman–Crippen MR) is 92.1 cm³/mol. The van der Waals surface area contributed by atoms with Crippen LogP contribution in [-0.4, -0.2) is 21.4 Å². The molecule has 0 fully saturated rings. The number of allylic oxidation sites excluding steroid dienone is 1. The summed E-state index contributed by atoms with van der Waals surface area (Å²) in [7, 11) is -0.239. The first-order valence-electron chi connectivity index (χ1n) is 6.44. The zero-order chi connectivity index (χ0) is 16.6. The van der Waals surface area contributed by atoms with Crippen LogP contribution in [0.5, 0.6) is 5.75 Å². The second-order valence-electron chi connectivity index (χ2n) is 5.42. The number of hydrogen-bond donors (Lipinski definition) is 0. The van der Waals surface area contributed by atoms with Crippen molar-refractivity contribution < 1.29 is 14.0 Å². The molecule has 0 aliphatic carbocycles. The molecule has 21 heavy (non-hydrogen) atoms. The highest BCUT2D eigenvalue weighted by Gasteiger charge is 2.16. The number of hydrogen-bond acceptors (Lipinski definition) is 3. The standard InChI is InChI=1S/C12H18OSi.C4H5ClO2/c1-10(2)11-7-6-8-12(9-11)13-14(3,4)5;1-3(5)4(6)7-2/h6-9H,1H2,2-5H3;1H2,2H3. The topological polar surface area (TPSA) is 35.5 Å². The Morgan fingerprint density at radius 3 is 2.14 bits per heavy atom. The van der Waals surface area contributed by atoms with Crippen LogP contribution < -0.4 is 4.43 Å². The Balaban J connectivity index is 0.000000486. The summed E-state index contributed by atoms with van der Waals surface area (Å²) >= 11 is 5.06. The third-order valence-corrected chi connectivity index (χ3v) is 3.16. The van der Waals surface area contributed by atoms with Crippen LogP contribution in [0, 0.1) is 0 Å². The van der Waals surface area contributed by atoms with Crippen molar-refractivity contribution in [2.45, 2.75) is 26.6 Å². The monoisotopic (exact) mass is 326 g/mol. The number of carbonyl (C=O) groups is 1. The average molecular weight is 327 g/mol. The van der Waals surface area contributed by atoms with Crippen molar-refractivity contribution in [3.05, 3.63) is 48.0 Å². The number of esters is 1. The van der Waals surface area contributed by atoms with E-state index >= 15 is 0 Å². The van der Waals surface area contributed by atoms with E-state index in [9.17, 15) is 4.79 Å². The normalized spacial score (nSPS) is 10.0. The van der Waals surface area contributed by atoms with Gasteiger partial charge in [-0.2, -0.15) is 0 Å². The Bertz CT molecular complexity index is 518. The van der Waals surface area contributed by atoms with Gasteiger partial charge < -0.3 is 9.16 Å². The van der Waals surface area contributed by atoms with E-state index in [1.807, 2.05) is 19.1 Å². The molecule has 1 aromatic rings. The molecule has 0 N–H and O–H groups in total. The smallest absolute Gasteiger partial charge is 0.348 e. The Hall–Kier alpha value is -1.52. The number of halogens is 1. The summed E-state index contributed by atoms with van der Waals surface area (Å²) in [6.07, 6.45) is 0. The van der Waals surface area contributed by atoms with Gasteiger partial charge in [-0.15, -0.1) is 0 Å². The third kappa shape index (κ3) is 9.10. The molecule has 0 unspecified atom stereocenters. The summed E-state index contributed by atoms with van der Waals surface area (Å²) in [5, 5.41) is -0.0949. The van der Waals surface area contributed by atoms with Crippen molar-refractivity contribution in [1.29, 1.82) is 0 Å². The maximum atomic E-state index is 10.1. The van der Waals surface area contributed by atoms with Crippen LogP contribution in [0.25, 0.3) is 5.57 Å². The Morgan fingerprint density at radius 2 is 1.81 bits per heavy atom. The summed E-state index contributed by atoms with van der Waals surface area (Å²) in [6, 6.07) is 8.13. The maximum Gasteiger partial charge on any atom is 0.348 e. The molecule has 0 heterocycles. The highest BCUT2D eigenvalue weighted by Crippen LogP contribution is 2.21. The maximum absolute atomic E-state index is 10.1. The van der Waals surface area contributed by atoms with E-state index in [4.69, 9.17) is 16.0 Å². The van der Waals surface area contributed by atoms with E-state index in [0.717, 1.165) is 16.9 Å². The van der Waals surface area contributed by atoms with E-state index < -0.39 is 14.3 Å². The van der Waals surface area contributed by atoms with E-state index in [2.05, 4.69) is 49.7 Å². The van der Waals surface area contributed by atoms with Gasteiger partial charge in [-0.3, -0.25) is 0 Å². The molecule has 0 aromatic heterocycles. The van der Waals surface area contributed by atoms with Crippen molar-refractivity contribution in [3.63, 3.8) is 0 Å². The second kappa shape index (κ2) is 8.69. The molecule has 3 nitrogen and oxygen atoms in total. The molecule has 0 amide bonds. The molecule has 0 saturated carbocycles. The van der Waals surface area contributed by atoms with Gasteiger partial charge in [0.05, 0.1) is 7.11 Å². The van der Waals surface area contributed by atoms with Crippen LogP contribution in [0.2, 0.25) is 19.6 Å². The minimum atomic E-state index is -1.49. The quantitative estimate of drug-likeness (QED) is 0.451. The number of carbonyl (C=O) groups excluding carboxylic acids is 1. The highest BCUT2D eigenvalue weighted by molar-refractivity contribution is 6.70. The number of benzene rings is 1. The van der Waals surface area contributed by atoms with E-state index in [1.165, 1.54) is 7.11 Å². The third-order valence-electron chi connectivity index (χ3n) is 2.16. The van der Waals surface area contributed by atoms with Gasteiger partial charge in [0, 0.05) is 0 Å². The zero-order valence-electron chi connectivity index (χ0n) is 13.3. The molecule has 116 valence electrons. The molecular formula is C16H23ClO3Si. The first-order chi connectivity index (χ1) is 9.56. The Labute approximate surface area is 133 Å². The van der Waals surface area contributed by atoms with Gasteiger partial charge in [-0.1, -0.05) is 42.5 Å². The van der Waals surface area contributed by atoms with Crippen LogP contribution in [0.1, 0.15) is 12.5 Å². The lowest BCUT2D eigenvalue weighted by Gasteiger charge is -2.19. The van der Waals surface area contributed by atoms with Crippen molar-refractivity contribution in [1.82, 2.24) is 0 Å². The van der Waals surface area contributed by atoms with Crippen LogP contribution >= 0.6 is 11.6 Å². The lowest BCUT2D eigenvalue weighted by Crippen LogP contribution is -2.29. The van der Waals surface area contributed by atoms with Gasteiger partial charge in [0.15, 0.2) is 0 Å². The Morgan fingerprint density at radius 1 is 1.24 bits per heavy atom. The SMILES string of the molecule is C=C(C)c1cccc(O[Si](C)(C)C)c1.C=C(Cl)C(=O)OC. The summed E-state index contributed by atoms with van der Waals surface area (Å²) in [4.78, 5) is 10.1. The van der Waals surface area contributed by atoms with Crippen LogP contribution in [-0.2, 0) is 9.53 Å². The van der Waals surface area contributed by atoms with Gasteiger partial charge in [-0.25, -0.2) is 4.79 Å². The molecule has 1 rings (SSSR count). The molecule has 1 aromatic carbocycles. The fraction of sp³-hybridized carbons (Fsp3) is 0.312. The molecule has 0 saturated heterocycles. The fourth-order valence-electron chi connectivity index (χ4n) is 1.29. The molecule has 0 atom stereocenters. The fourth-order valence-corrected chi connectivity index (χ4v) is 2.20. The summed E-state index contributed by atoms with van der Waals surface area (Å²) in [5.74, 6) is 0.381. The Kier molecular flexibility index (Phi) is 8.06. The van der Waals surface area contributed by atoms with Crippen molar-refractivity contribution in [2.75, 3.05) is 7.11 Å². The van der Waals surface area contributed by atoms with Gasteiger partial charge >= 0.3 is 5.97 Å². The van der Waals surface area contributed by atoms with Gasteiger partial charge in [0.1, 0.15) is 10.8 Å². The minimum absolute atomic E-state index is 0.0949. The average Bonchev–Trinajstić information content (AvgIpc) is 2.36. The molecule has 0 bridgehead atoms. The number of ether oxygens (including phenoxy) is 1. The first-order valence-corrected chi connectivity index (χ1v) is 10.2. The summed E-state index contributed by atoms with van der Waals surface area (Å²) in [5.41, 5.74) is 2.23. The number of methoxy groups -OCH3 is 1. The predicted octanol–water partition coefficient (Wildman–Crippen LogP) is 4.85. The number of rotatable bonds is 4. The first kappa shape index (κ1) is 19.5. The molecular weight excluding hydrogens is 304 g/mol. The van der Waals surface area contributed by atoms with Crippen LogP contribution in [0.3, 0.4) is 0 Å². The second-order valence-corrected chi connectivity index (χ2v) is 10.3. The van der Waals surface area contributed by atoms with Crippen LogP contribution in [0.4, 0.5) is 0 Å². The molecule has 0 aliphatic rings. The largest absolute Gasteiger partial charge is 0.544 e. The highest BCUT2D eigenvalue weighted by atomic mass is 35.5. The molecule has 0 spiro atoms. The lowest BCUT2D eigenvalue weighted by atomic mass is 10.1. The minimum Gasteiger partial charge on any atom is -0.544 e. The van der Waals surface area contributed by atoms with Gasteiger partial charge in [0.25, 0.3) is 0 Å². The summed E-state index contributed by atoms with van der Waals surface area (Å²) < 4.78 is 10.0. The van der Waals surface area contributed by atoms with E-state index in [1.54, 1.807) is 0 Å². The molecule has 5 heteroatoms. The van der Waals surface area contributed by atoms with Crippen LogP contribution in [0.15, 0.2) is 42.5 Å². The van der Waals surface area contributed by atoms with E-state index in [-0.39, 0.29) is 5.03 Å². The van der Waals surface area contributed by atoms with Crippen molar-refractivity contribution in [2.24, 2.45) is 0 Å². The molecule has 0 radical (unpaired) electrons. The van der Waals surface area contributed by atoms with Crippen molar-refractivity contribution in [3.8, 4) is 5.75 Å². The van der Waals surface area contributed by atoms with E-state index in [0.29, 0.717) is 0 Å². The zero-order valence-corrected chi connectivity index (χ0v) is 15.1. The van der Waals surface area contributed by atoms with Gasteiger partial charge in [0.2, 0.25) is 8.32 Å². The lowest BCUT2D eigenvalue weighted by molar-refractivity contribution is -0.135. The summed E-state index contributed by atoms with van der Waals surface area (Å²) in [6.45, 7) is 15.6.